The molecule has 0 atom stereocenters. The summed E-state index contributed by atoms with van der Waals surface area (Å²) in [6.07, 6.45) is 0.969. The lowest BCUT2D eigenvalue weighted by Gasteiger charge is -2.32. The Bertz CT molecular complexity index is 111. The van der Waals surface area contributed by atoms with Crippen molar-refractivity contribution in [3.63, 3.8) is 0 Å². The normalized spacial score (nSPS) is 13.6. The molecule has 0 amide bonds. The maximum absolute atomic E-state index is 12.5. The van der Waals surface area contributed by atoms with Crippen LogP contribution in [0.4, 0.5) is 12.9 Å². The maximum atomic E-state index is 12.5. The third-order valence-corrected chi connectivity index (χ3v) is 7.53. The zero-order valence-corrected chi connectivity index (χ0v) is 8.17. The summed E-state index contributed by atoms with van der Waals surface area (Å²) in [5, 5.41) is 0. The highest BCUT2D eigenvalue weighted by atomic mass is 31.2. The largest absolute Gasteiger partial charge is 0.657 e. The molecule has 11 heavy (non-hydrogen) atoms. The first kappa shape index (κ1) is 11.3. The second-order valence-corrected chi connectivity index (χ2v) is 7.63. The quantitative estimate of drug-likeness (QED) is 0.466. The summed E-state index contributed by atoms with van der Waals surface area (Å²) >= 11 is 0. The standard InChI is InChI=1S/C6H15BF3P/c1-4-11(5-2,6-3)7(8,9)10/h4-6H2,1-3H3. The summed E-state index contributed by atoms with van der Waals surface area (Å²) < 4.78 is 37.5. The molecule has 0 aliphatic rings. The Morgan fingerprint density at radius 3 is 1.18 bits per heavy atom. The van der Waals surface area contributed by atoms with E-state index in [0.717, 1.165) is 0 Å². The third-order valence-electron chi connectivity index (χ3n) is 2.51. The fraction of sp³-hybridized carbons (Fsp3) is 1.00. The second kappa shape index (κ2) is 3.80. The summed E-state index contributed by atoms with van der Waals surface area (Å²) in [5.41, 5.74) is 0. The summed E-state index contributed by atoms with van der Waals surface area (Å²) in [4.78, 5) is 0. The fourth-order valence-electron chi connectivity index (χ4n) is 1.29. The van der Waals surface area contributed by atoms with Crippen LogP contribution in [0, 0.1) is 0 Å². The summed E-state index contributed by atoms with van der Waals surface area (Å²) in [6.45, 7) is 0.433. The smallest absolute Gasteiger partial charge is 0.410 e. The molecule has 0 saturated heterocycles. The van der Waals surface area contributed by atoms with Crippen LogP contribution in [0.15, 0.2) is 0 Å². The highest BCUT2D eigenvalue weighted by Crippen LogP contribution is 2.67. The molecule has 5 heteroatoms. The molecule has 0 N–H and O–H groups in total. The van der Waals surface area contributed by atoms with Crippen molar-refractivity contribution in [2.75, 3.05) is 18.5 Å². The van der Waals surface area contributed by atoms with Crippen molar-refractivity contribution in [3.8, 4) is 0 Å². The highest BCUT2D eigenvalue weighted by Gasteiger charge is 2.54. The predicted octanol–water partition coefficient (Wildman–Crippen LogP) is 3.41. The highest BCUT2D eigenvalue weighted by molar-refractivity contribution is 8.05. The van der Waals surface area contributed by atoms with Crippen LogP contribution >= 0.6 is 7.14 Å². The lowest BCUT2D eigenvalue weighted by Crippen LogP contribution is -2.26. The topological polar surface area (TPSA) is 0 Å². The summed E-state index contributed by atoms with van der Waals surface area (Å²) in [7, 11) is -2.56. The molecule has 0 fully saturated rings. The number of rotatable bonds is 4. The van der Waals surface area contributed by atoms with Gasteiger partial charge in [-0.05, 0) is 27.9 Å². The second-order valence-electron chi connectivity index (χ2n) is 2.71. The minimum atomic E-state index is -4.56. The van der Waals surface area contributed by atoms with Crippen molar-refractivity contribution in [2.24, 2.45) is 0 Å². The Morgan fingerprint density at radius 1 is 0.909 bits per heavy atom. The molecule has 0 nitrogen and oxygen atoms in total. The lowest BCUT2D eigenvalue weighted by atomic mass is 10.4. The first-order chi connectivity index (χ1) is 4.93. The van der Waals surface area contributed by atoms with E-state index < -0.39 is 13.8 Å². The van der Waals surface area contributed by atoms with Crippen LogP contribution in [-0.4, -0.2) is 25.2 Å². The van der Waals surface area contributed by atoms with Gasteiger partial charge in [-0.15, -0.1) is 0 Å². The van der Waals surface area contributed by atoms with E-state index in [1.54, 1.807) is 20.8 Å². The zero-order chi connectivity index (χ0) is 9.12. The van der Waals surface area contributed by atoms with Crippen LogP contribution in [0.2, 0.25) is 0 Å². The van der Waals surface area contributed by atoms with Gasteiger partial charge in [0.15, 0.2) is 0 Å². The van der Waals surface area contributed by atoms with E-state index in [0.29, 0.717) is 18.5 Å². The van der Waals surface area contributed by atoms with E-state index >= 15 is 0 Å². The van der Waals surface area contributed by atoms with Gasteiger partial charge in [0.2, 0.25) is 0 Å². The van der Waals surface area contributed by atoms with Crippen LogP contribution in [0.3, 0.4) is 0 Å². The molecule has 0 aromatic carbocycles. The van der Waals surface area contributed by atoms with Crippen LogP contribution in [0.25, 0.3) is 0 Å². The molecule has 0 bridgehead atoms. The number of hydrogen-bond donors (Lipinski definition) is 0. The van der Waals surface area contributed by atoms with Gasteiger partial charge in [-0.1, -0.05) is 0 Å². The SMILES string of the molecule is CC[P+](CC)(CC)[B-](F)(F)F. The monoisotopic (exact) mass is 186 g/mol. The molecule has 0 aliphatic heterocycles. The van der Waals surface area contributed by atoms with Gasteiger partial charge in [0.1, 0.15) is 0 Å². The Kier molecular flexibility index (Phi) is 3.89. The molecule has 0 spiro atoms. The van der Waals surface area contributed by atoms with Gasteiger partial charge in [0, 0.05) is 18.5 Å². The van der Waals surface area contributed by atoms with Crippen molar-refractivity contribution in [1.82, 2.24) is 0 Å². The van der Waals surface area contributed by atoms with Crippen molar-refractivity contribution >= 4 is 13.8 Å². The van der Waals surface area contributed by atoms with E-state index in [-0.39, 0.29) is 0 Å². The molecule has 0 saturated carbocycles. The Hall–Kier alpha value is 0.285. The molecular weight excluding hydrogens is 171 g/mol. The number of halogens is 3. The van der Waals surface area contributed by atoms with Gasteiger partial charge in [-0.25, -0.2) is 0 Å². The van der Waals surface area contributed by atoms with E-state index in [1.807, 2.05) is 0 Å². The van der Waals surface area contributed by atoms with E-state index in [1.165, 1.54) is 0 Å². The van der Waals surface area contributed by atoms with Gasteiger partial charge < -0.3 is 12.9 Å². The lowest BCUT2D eigenvalue weighted by molar-refractivity contribution is 0.513. The average molecular weight is 186 g/mol. The molecule has 0 radical (unpaired) electrons. The predicted molar refractivity (Wildman–Crippen MR) is 47.6 cm³/mol. The zero-order valence-electron chi connectivity index (χ0n) is 7.28. The molecule has 0 rings (SSSR count). The fourth-order valence-corrected chi connectivity index (χ4v) is 3.88. The van der Waals surface area contributed by atoms with Crippen molar-refractivity contribution < 1.29 is 12.9 Å². The molecule has 0 aromatic rings. The van der Waals surface area contributed by atoms with Crippen molar-refractivity contribution in [2.45, 2.75) is 20.8 Å². The van der Waals surface area contributed by atoms with Gasteiger partial charge in [-0.2, -0.15) is 0 Å². The Balaban J connectivity index is 4.54. The maximum Gasteiger partial charge on any atom is 0.657 e. The van der Waals surface area contributed by atoms with E-state index in [9.17, 15) is 12.9 Å². The molecule has 0 aliphatic carbocycles. The van der Waals surface area contributed by atoms with Crippen LogP contribution in [0.5, 0.6) is 0 Å². The third kappa shape index (κ3) is 2.11. The summed E-state index contributed by atoms with van der Waals surface area (Å²) in [6, 6.07) is 0. The molecule has 0 heterocycles. The van der Waals surface area contributed by atoms with Gasteiger partial charge >= 0.3 is 6.70 Å². The first-order valence-electron chi connectivity index (χ1n) is 3.98. The first-order valence-corrected chi connectivity index (χ1v) is 6.40. The van der Waals surface area contributed by atoms with E-state index in [2.05, 4.69) is 0 Å². The van der Waals surface area contributed by atoms with Gasteiger partial charge in [0.05, 0.1) is 0 Å². The van der Waals surface area contributed by atoms with E-state index in [4.69, 9.17) is 0 Å². The van der Waals surface area contributed by atoms with Crippen LogP contribution < -0.4 is 0 Å². The molecule has 68 valence electrons. The Labute approximate surface area is 66.9 Å². The van der Waals surface area contributed by atoms with Crippen LogP contribution in [-0.2, 0) is 0 Å². The molecule has 0 aromatic heterocycles. The van der Waals surface area contributed by atoms with Crippen molar-refractivity contribution in [3.05, 3.63) is 0 Å². The van der Waals surface area contributed by atoms with Gasteiger partial charge in [0.25, 0.3) is 0 Å². The molecule has 0 unspecified atom stereocenters. The van der Waals surface area contributed by atoms with Crippen LogP contribution in [0.1, 0.15) is 20.8 Å². The summed E-state index contributed by atoms with van der Waals surface area (Å²) in [5.74, 6) is 0. The Morgan fingerprint density at radius 2 is 1.18 bits per heavy atom. The van der Waals surface area contributed by atoms with Crippen molar-refractivity contribution in [1.29, 1.82) is 0 Å². The average Bonchev–Trinajstić information content (AvgIpc) is 1.90. The number of hydrogen-bond acceptors (Lipinski definition) is 0. The van der Waals surface area contributed by atoms with Gasteiger partial charge in [-0.3, -0.25) is 0 Å². The minimum absolute atomic E-state index is 0.323. The molecular formula is C6H15BF3P. The minimum Gasteiger partial charge on any atom is -0.410 e.